The van der Waals surface area contributed by atoms with Gasteiger partial charge in [0.2, 0.25) is 0 Å². The van der Waals surface area contributed by atoms with Crippen LogP contribution in [0.25, 0.3) is 0 Å². The van der Waals surface area contributed by atoms with Gasteiger partial charge in [-0.3, -0.25) is 0 Å². The molecule has 1 unspecified atom stereocenters. The SMILES string of the molecule is CC(C)(C)OC(=O)N1CCC(c2cncn2CC(F)F)C1. The van der Waals surface area contributed by atoms with E-state index in [0.29, 0.717) is 13.1 Å². The second-order valence-electron chi connectivity index (χ2n) is 6.27. The third-order valence-electron chi connectivity index (χ3n) is 3.34. The molecular formula is C14H21F2N3O2. The first kappa shape index (κ1) is 15.7. The van der Waals surface area contributed by atoms with Crippen molar-refractivity contribution >= 4 is 6.09 Å². The normalized spacial score (nSPS) is 19.3. The zero-order chi connectivity index (χ0) is 15.6. The predicted octanol–water partition coefficient (Wildman–Crippen LogP) is 2.87. The van der Waals surface area contributed by atoms with E-state index in [4.69, 9.17) is 4.74 Å². The standard InChI is InChI=1S/C14H21F2N3O2/c1-14(2,3)21-13(20)18-5-4-10(7-18)11-6-17-9-19(11)8-12(15)16/h6,9-10,12H,4-5,7-8H2,1-3H3. The third-order valence-corrected chi connectivity index (χ3v) is 3.34. The molecule has 2 heterocycles. The summed E-state index contributed by atoms with van der Waals surface area (Å²) < 4.78 is 31.8. The molecule has 0 saturated carbocycles. The van der Waals surface area contributed by atoms with Gasteiger partial charge < -0.3 is 14.2 Å². The smallest absolute Gasteiger partial charge is 0.410 e. The van der Waals surface area contributed by atoms with Crippen molar-refractivity contribution in [1.82, 2.24) is 14.5 Å². The van der Waals surface area contributed by atoms with Gasteiger partial charge in [0, 0.05) is 30.9 Å². The van der Waals surface area contributed by atoms with Crippen molar-refractivity contribution in [1.29, 1.82) is 0 Å². The molecule has 0 bridgehead atoms. The highest BCUT2D eigenvalue weighted by atomic mass is 19.3. The fourth-order valence-electron chi connectivity index (χ4n) is 2.47. The van der Waals surface area contributed by atoms with Crippen molar-refractivity contribution < 1.29 is 18.3 Å². The zero-order valence-corrected chi connectivity index (χ0v) is 12.6. The van der Waals surface area contributed by atoms with Crippen LogP contribution in [0.15, 0.2) is 12.5 Å². The molecule has 0 spiro atoms. The molecule has 0 radical (unpaired) electrons. The Bertz CT molecular complexity index is 497. The summed E-state index contributed by atoms with van der Waals surface area (Å²) in [5.41, 5.74) is 0.216. The van der Waals surface area contributed by atoms with Crippen LogP contribution >= 0.6 is 0 Å². The minimum atomic E-state index is -2.42. The quantitative estimate of drug-likeness (QED) is 0.862. The maximum Gasteiger partial charge on any atom is 0.410 e. The summed E-state index contributed by atoms with van der Waals surface area (Å²) in [7, 11) is 0. The van der Waals surface area contributed by atoms with Gasteiger partial charge in [0.05, 0.1) is 12.9 Å². The molecule has 0 aliphatic carbocycles. The van der Waals surface area contributed by atoms with Gasteiger partial charge in [0.15, 0.2) is 0 Å². The number of nitrogens with zero attached hydrogens (tertiary/aromatic N) is 3. The summed E-state index contributed by atoms with van der Waals surface area (Å²) in [5.74, 6) is 0.0266. The highest BCUT2D eigenvalue weighted by Crippen LogP contribution is 2.28. The van der Waals surface area contributed by atoms with E-state index >= 15 is 0 Å². The lowest BCUT2D eigenvalue weighted by atomic mass is 10.1. The molecule has 1 aromatic heterocycles. The molecule has 0 N–H and O–H groups in total. The number of likely N-dealkylation sites (tertiary alicyclic amines) is 1. The largest absolute Gasteiger partial charge is 0.444 e. The van der Waals surface area contributed by atoms with Gasteiger partial charge in [0.25, 0.3) is 6.43 Å². The fraction of sp³-hybridized carbons (Fsp3) is 0.714. The van der Waals surface area contributed by atoms with Gasteiger partial charge in [-0.25, -0.2) is 18.6 Å². The lowest BCUT2D eigenvalue weighted by Gasteiger charge is -2.24. The van der Waals surface area contributed by atoms with E-state index in [2.05, 4.69) is 4.98 Å². The highest BCUT2D eigenvalue weighted by Gasteiger charge is 2.32. The molecule has 1 saturated heterocycles. The first-order valence-electron chi connectivity index (χ1n) is 7.02. The monoisotopic (exact) mass is 301 g/mol. The summed E-state index contributed by atoms with van der Waals surface area (Å²) in [4.78, 5) is 17.6. The average Bonchev–Trinajstić information content (AvgIpc) is 2.93. The van der Waals surface area contributed by atoms with E-state index in [-0.39, 0.29) is 18.6 Å². The lowest BCUT2D eigenvalue weighted by Crippen LogP contribution is -2.35. The topological polar surface area (TPSA) is 47.4 Å². The number of aromatic nitrogens is 2. The molecule has 2 rings (SSSR count). The molecule has 1 amide bonds. The molecular weight excluding hydrogens is 280 g/mol. The van der Waals surface area contributed by atoms with Crippen LogP contribution in [0.3, 0.4) is 0 Å². The van der Waals surface area contributed by atoms with Gasteiger partial charge in [-0.2, -0.15) is 0 Å². The average molecular weight is 301 g/mol. The predicted molar refractivity (Wildman–Crippen MR) is 73.4 cm³/mol. The Labute approximate surface area is 122 Å². The van der Waals surface area contributed by atoms with Crippen LogP contribution in [0.2, 0.25) is 0 Å². The van der Waals surface area contributed by atoms with Crippen molar-refractivity contribution in [3.8, 4) is 0 Å². The van der Waals surface area contributed by atoms with E-state index in [0.717, 1.165) is 12.1 Å². The zero-order valence-electron chi connectivity index (χ0n) is 12.6. The van der Waals surface area contributed by atoms with Gasteiger partial charge in [-0.1, -0.05) is 0 Å². The molecule has 7 heteroatoms. The summed E-state index contributed by atoms with van der Waals surface area (Å²) in [6.07, 6.45) is 0.975. The van der Waals surface area contributed by atoms with E-state index < -0.39 is 12.0 Å². The van der Waals surface area contributed by atoms with Crippen LogP contribution in [-0.2, 0) is 11.3 Å². The number of carbonyl (C=O) groups is 1. The van der Waals surface area contributed by atoms with E-state index in [1.165, 1.54) is 10.9 Å². The number of ether oxygens (including phenoxy) is 1. The molecule has 0 aromatic carbocycles. The number of imidazole rings is 1. The van der Waals surface area contributed by atoms with Crippen LogP contribution in [0.1, 0.15) is 38.8 Å². The molecule has 118 valence electrons. The highest BCUT2D eigenvalue weighted by molar-refractivity contribution is 5.68. The molecule has 21 heavy (non-hydrogen) atoms. The number of halogens is 2. The maximum absolute atomic E-state index is 12.5. The molecule has 1 atom stereocenters. The Morgan fingerprint density at radius 3 is 2.86 bits per heavy atom. The summed E-state index contributed by atoms with van der Waals surface area (Å²) in [5, 5.41) is 0. The molecule has 5 nitrogen and oxygen atoms in total. The van der Waals surface area contributed by atoms with E-state index in [1.807, 2.05) is 20.8 Å². The van der Waals surface area contributed by atoms with Crippen molar-refractivity contribution in [3.05, 3.63) is 18.2 Å². The Balaban J connectivity index is 1.99. The van der Waals surface area contributed by atoms with Crippen LogP contribution < -0.4 is 0 Å². The summed E-state index contributed by atoms with van der Waals surface area (Å²) in [6.45, 7) is 6.13. The van der Waals surface area contributed by atoms with Crippen LogP contribution in [0.4, 0.5) is 13.6 Å². The number of amides is 1. The third kappa shape index (κ3) is 4.15. The number of rotatable bonds is 3. The van der Waals surface area contributed by atoms with Crippen LogP contribution in [0.5, 0.6) is 0 Å². The van der Waals surface area contributed by atoms with Gasteiger partial charge in [-0.05, 0) is 27.2 Å². The van der Waals surface area contributed by atoms with Crippen molar-refractivity contribution in [2.45, 2.75) is 51.7 Å². The number of alkyl halides is 2. The minimum Gasteiger partial charge on any atom is -0.444 e. The molecule has 1 fully saturated rings. The first-order chi connectivity index (χ1) is 9.76. The molecule has 1 aromatic rings. The summed E-state index contributed by atoms with van der Waals surface area (Å²) >= 11 is 0. The molecule has 1 aliphatic heterocycles. The Hall–Kier alpha value is -1.66. The molecule has 1 aliphatic rings. The Morgan fingerprint density at radius 1 is 1.52 bits per heavy atom. The van der Waals surface area contributed by atoms with Gasteiger partial charge in [0.1, 0.15) is 5.60 Å². The Morgan fingerprint density at radius 2 is 2.24 bits per heavy atom. The summed E-state index contributed by atoms with van der Waals surface area (Å²) in [6, 6.07) is 0. The van der Waals surface area contributed by atoms with Gasteiger partial charge >= 0.3 is 6.09 Å². The van der Waals surface area contributed by atoms with Crippen LogP contribution in [-0.4, -0.2) is 45.7 Å². The first-order valence-corrected chi connectivity index (χ1v) is 7.02. The maximum atomic E-state index is 12.5. The van der Waals surface area contributed by atoms with Gasteiger partial charge in [-0.15, -0.1) is 0 Å². The van der Waals surface area contributed by atoms with E-state index in [9.17, 15) is 13.6 Å². The Kier molecular flexibility index (Phi) is 4.49. The van der Waals surface area contributed by atoms with Crippen molar-refractivity contribution in [2.24, 2.45) is 0 Å². The number of hydrogen-bond acceptors (Lipinski definition) is 3. The second kappa shape index (κ2) is 5.99. The lowest BCUT2D eigenvalue weighted by molar-refractivity contribution is 0.0292. The minimum absolute atomic E-state index is 0.0266. The van der Waals surface area contributed by atoms with E-state index in [1.54, 1.807) is 11.1 Å². The number of hydrogen-bond donors (Lipinski definition) is 0. The number of carbonyl (C=O) groups excluding carboxylic acids is 1. The van der Waals surface area contributed by atoms with Crippen molar-refractivity contribution in [3.63, 3.8) is 0 Å². The van der Waals surface area contributed by atoms with Crippen LogP contribution in [0, 0.1) is 0 Å². The second-order valence-corrected chi connectivity index (χ2v) is 6.27. The van der Waals surface area contributed by atoms with Crippen molar-refractivity contribution in [2.75, 3.05) is 13.1 Å². The fourth-order valence-corrected chi connectivity index (χ4v) is 2.47.